The largest absolute Gasteiger partial charge is 0.501 e. The summed E-state index contributed by atoms with van der Waals surface area (Å²) < 4.78 is 74.2. The molecule has 1 N–H and O–H groups in total. The normalized spacial score (nSPS) is 16.9. The SMILES string of the molecule is CN(c1ccc(F)cc1S(=O)(=O)C(F)(F)F)C1CNC1. The Morgan fingerprint density at radius 1 is 1.30 bits per heavy atom. The van der Waals surface area contributed by atoms with Crippen LogP contribution in [0.1, 0.15) is 0 Å². The van der Waals surface area contributed by atoms with Gasteiger partial charge in [-0.1, -0.05) is 0 Å². The molecular formula is C11H12F4N2O2S. The maximum Gasteiger partial charge on any atom is 0.501 e. The van der Waals surface area contributed by atoms with E-state index in [1.54, 1.807) is 0 Å². The Kier molecular flexibility index (Phi) is 3.67. The third-order valence-electron chi connectivity index (χ3n) is 3.20. The molecule has 2 rings (SSSR count). The van der Waals surface area contributed by atoms with E-state index in [1.807, 2.05) is 0 Å². The van der Waals surface area contributed by atoms with Gasteiger partial charge in [0.15, 0.2) is 0 Å². The lowest BCUT2D eigenvalue weighted by Crippen LogP contribution is -2.56. The first-order chi connectivity index (χ1) is 9.14. The lowest BCUT2D eigenvalue weighted by Gasteiger charge is -2.38. The highest BCUT2D eigenvalue weighted by Crippen LogP contribution is 2.36. The van der Waals surface area contributed by atoms with E-state index in [2.05, 4.69) is 5.32 Å². The Labute approximate surface area is 113 Å². The molecule has 1 aromatic rings. The monoisotopic (exact) mass is 312 g/mol. The van der Waals surface area contributed by atoms with Crippen molar-refractivity contribution in [3.05, 3.63) is 24.0 Å². The number of hydrogen-bond donors (Lipinski definition) is 1. The second kappa shape index (κ2) is 4.88. The number of likely N-dealkylation sites (N-methyl/N-ethyl adjacent to an activating group) is 1. The van der Waals surface area contributed by atoms with Crippen LogP contribution in [-0.4, -0.2) is 40.1 Å². The molecule has 1 aliphatic rings. The van der Waals surface area contributed by atoms with Gasteiger partial charge in [-0.15, -0.1) is 0 Å². The number of sulfone groups is 1. The van der Waals surface area contributed by atoms with Crippen LogP contribution in [0.3, 0.4) is 0 Å². The van der Waals surface area contributed by atoms with Crippen LogP contribution in [0.15, 0.2) is 23.1 Å². The van der Waals surface area contributed by atoms with Crippen LogP contribution in [0, 0.1) is 5.82 Å². The highest BCUT2D eigenvalue weighted by atomic mass is 32.2. The molecule has 0 aliphatic carbocycles. The van der Waals surface area contributed by atoms with E-state index in [-0.39, 0.29) is 11.7 Å². The van der Waals surface area contributed by atoms with Crippen molar-refractivity contribution in [2.24, 2.45) is 0 Å². The number of alkyl halides is 3. The minimum Gasteiger partial charge on any atom is -0.368 e. The lowest BCUT2D eigenvalue weighted by atomic mass is 10.1. The number of hydrogen-bond acceptors (Lipinski definition) is 4. The fourth-order valence-corrected chi connectivity index (χ4v) is 2.87. The predicted molar refractivity (Wildman–Crippen MR) is 64.7 cm³/mol. The molecule has 0 radical (unpaired) electrons. The maximum atomic E-state index is 13.2. The van der Waals surface area contributed by atoms with Gasteiger partial charge in [0.25, 0.3) is 9.84 Å². The third kappa shape index (κ3) is 2.47. The average molecular weight is 312 g/mol. The second-order valence-electron chi connectivity index (χ2n) is 4.48. The number of nitrogens with zero attached hydrogens (tertiary/aromatic N) is 1. The fraction of sp³-hybridized carbons (Fsp3) is 0.455. The molecule has 112 valence electrons. The van der Waals surface area contributed by atoms with Crippen molar-refractivity contribution < 1.29 is 26.0 Å². The fourth-order valence-electron chi connectivity index (χ4n) is 1.86. The van der Waals surface area contributed by atoms with Crippen LogP contribution in [-0.2, 0) is 9.84 Å². The Morgan fingerprint density at radius 2 is 1.90 bits per heavy atom. The molecule has 1 aliphatic heterocycles. The van der Waals surface area contributed by atoms with E-state index in [4.69, 9.17) is 0 Å². The Hall–Kier alpha value is -1.35. The summed E-state index contributed by atoms with van der Waals surface area (Å²) in [5, 5.41) is 2.92. The van der Waals surface area contributed by atoms with Crippen LogP contribution in [0.2, 0.25) is 0 Å². The number of halogens is 4. The molecule has 9 heteroatoms. The predicted octanol–water partition coefficient (Wildman–Crippen LogP) is 1.53. The molecule has 1 saturated heterocycles. The Morgan fingerprint density at radius 3 is 2.35 bits per heavy atom. The van der Waals surface area contributed by atoms with Gasteiger partial charge in [0.1, 0.15) is 10.7 Å². The van der Waals surface area contributed by atoms with Crippen molar-refractivity contribution in [2.75, 3.05) is 25.0 Å². The molecule has 1 heterocycles. The van der Waals surface area contributed by atoms with Gasteiger partial charge in [-0.3, -0.25) is 0 Å². The second-order valence-corrected chi connectivity index (χ2v) is 6.39. The average Bonchev–Trinajstić information content (AvgIpc) is 2.24. The molecule has 1 aromatic carbocycles. The van der Waals surface area contributed by atoms with Crippen LogP contribution in [0.4, 0.5) is 23.2 Å². The molecule has 0 atom stereocenters. The zero-order valence-corrected chi connectivity index (χ0v) is 11.2. The van der Waals surface area contributed by atoms with E-state index in [0.29, 0.717) is 19.2 Å². The van der Waals surface area contributed by atoms with Crippen molar-refractivity contribution in [1.82, 2.24) is 5.32 Å². The van der Waals surface area contributed by atoms with Gasteiger partial charge in [0.2, 0.25) is 0 Å². The van der Waals surface area contributed by atoms with E-state index < -0.39 is 26.1 Å². The standard InChI is InChI=1S/C11H12F4N2O2S/c1-17(8-5-16-6-8)9-3-2-7(12)4-10(9)20(18,19)11(13,14)15/h2-4,8,16H,5-6H2,1H3. The van der Waals surface area contributed by atoms with Crippen LogP contribution in [0.5, 0.6) is 0 Å². The van der Waals surface area contributed by atoms with Crippen LogP contribution >= 0.6 is 0 Å². The summed E-state index contributed by atoms with van der Waals surface area (Å²) in [6.45, 7) is 1.05. The molecule has 0 unspecified atom stereocenters. The van der Waals surface area contributed by atoms with Gasteiger partial charge in [0.05, 0.1) is 11.7 Å². The van der Waals surface area contributed by atoms with Gasteiger partial charge in [-0.05, 0) is 18.2 Å². The molecule has 0 saturated carbocycles. The summed E-state index contributed by atoms with van der Waals surface area (Å²) in [4.78, 5) is 0.355. The van der Waals surface area contributed by atoms with Gasteiger partial charge in [0, 0.05) is 20.1 Å². The molecule has 1 fully saturated rings. The van der Waals surface area contributed by atoms with E-state index in [1.165, 1.54) is 11.9 Å². The van der Waals surface area contributed by atoms with Gasteiger partial charge in [-0.25, -0.2) is 12.8 Å². The molecule has 0 aromatic heterocycles. The topological polar surface area (TPSA) is 49.4 Å². The van der Waals surface area contributed by atoms with Crippen molar-refractivity contribution >= 4 is 15.5 Å². The number of rotatable bonds is 3. The maximum absolute atomic E-state index is 13.2. The highest BCUT2D eigenvalue weighted by molar-refractivity contribution is 7.92. The van der Waals surface area contributed by atoms with Crippen molar-refractivity contribution in [1.29, 1.82) is 0 Å². The summed E-state index contributed by atoms with van der Waals surface area (Å²) in [6, 6.07) is 2.27. The number of benzene rings is 1. The zero-order valence-electron chi connectivity index (χ0n) is 10.4. The molecule has 0 amide bonds. The minimum atomic E-state index is -5.59. The van der Waals surface area contributed by atoms with Crippen LogP contribution < -0.4 is 10.2 Å². The summed E-state index contributed by atoms with van der Waals surface area (Å²) in [6.07, 6.45) is 0. The first kappa shape index (κ1) is 15.0. The number of nitrogens with one attached hydrogen (secondary N) is 1. The molecular weight excluding hydrogens is 300 g/mol. The molecule has 0 spiro atoms. The summed E-state index contributed by atoms with van der Waals surface area (Å²) in [7, 11) is -4.11. The Balaban J connectivity index is 2.54. The first-order valence-corrected chi connectivity index (χ1v) is 7.17. The van der Waals surface area contributed by atoms with E-state index in [9.17, 15) is 26.0 Å². The number of anilines is 1. The molecule has 0 bridgehead atoms. The summed E-state index contributed by atoms with van der Waals surface area (Å²) in [5.74, 6) is -1.03. The molecule has 4 nitrogen and oxygen atoms in total. The summed E-state index contributed by atoms with van der Waals surface area (Å²) >= 11 is 0. The van der Waals surface area contributed by atoms with Crippen molar-refractivity contribution in [3.8, 4) is 0 Å². The highest BCUT2D eigenvalue weighted by Gasteiger charge is 2.48. The summed E-state index contributed by atoms with van der Waals surface area (Å²) in [5.41, 5.74) is -5.62. The third-order valence-corrected chi connectivity index (χ3v) is 4.72. The van der Waals surface area contributed by atoms with Gasteiger partial charge < -0.3 is 10.2 Å². The van der Waals surface area contributed by atoms with E-state index >= 15 is 0 Å². The smallest absolute Gasteiger partial charge is 0.368 e. The van der Waals surface area contributed by atoms with E-state index in [0.717, 1.165) is 12.1 Å². The minimum absolute atomic E-state index is 0.123. The van der Waals surface area contributed by atoms with Crippen molar-refractivity contribution in [2.45, 2.75) is 16.4 Å². The first-order valence-electron chi connectivity index (χ1n) is 5.69. The molecule has 20 heavy (non-hydrogen) atoms. The zero-order chi connectivity index (χ0) is 15.1. The quantitative estimate of drug-likeness (QED) is 0.860. The van der Waals surface area contributed by atoms with Gasteiger partial charge >= 0.3 is 5.51 Å². The van der Waals surface area contributed by atoms with Crippen LogP contribution in [0.25, 0.3) is 0 Å². The van der Waals surface area contributed by atoms with Gasteiger partial charge in [-0.2, -0.15) is 13.2 Å². The van der Waals surface area contributed by atoms with Crippen molar-refractivity contribution in [3.63, 3.8) is 0 Å². The lowest BCUT2D eigenvalue weighted by molar-refractivity contribution is -0.0435. The Bertz CT molecular complexity index is 611.